The van der Waals surface area contributed by atoms with E-state index < -0.39 is 0 Å². The maximum atomic E-state index is 12.0. The van der Waals surface area contributed by atoms with E-state index in [1.807, 2.05) is 23.0 Å². The zero-order valence-electron chi connectivity index (χ0n) is 11.3. The summed E-state index contributed by atoms with van der Waals surface area (Å²) in [5.41, 5.74) is 1.52. The second-order valence-electron chi connectivity index (χ2n) is 5.16. The van der Waals surface area contributed by atoms with Gasteiger partial charge in [0.25, 0.3) is 5.91 Å². The van der Waals surface area contributed by atoms with Gasteiger partial charge in [-0.05, 0) is 36.6 Å². The number of hydrogen-bond donors (Lipinski definition) is 1. The fourth-order valence-electron chi connectivity index (χ4n) is 2.60. The molecule has 0 aromatic carbocycles. The number of hydrogen-bond acceptors (Lipinski definition) is 3. The van der Waals surface area contributed by atoms with Crippen molar-refractivity contribution in [2.24, 2.45) is 0 Å². The number of nitrogens with zero attached hydrogens (tertiary/aromatic N) is 3. The van der Waals surface area contributed by atoms with Gasteiger partial charge in [-0.2, -0.15) is 5.10 Å². The highest BCUT2D eigenvalue weighted by Gasteiger charge is 2.19. The van der Waals surface area contributed by atoms with E-state index in [9.17, 15) is 4.79 Å². The van der Waals surface area contributed by atoms with Crippen LogP contribution in [-0.4, -0.2) is 20.7 Å². The van der Waals surface area contributed by atoms with Gasteiger partial charge in [-0.25, -0.2) is 0 Å². The van der Waals surface area contributed by atoms with Crippen molar-refractivity contribution < 1.29 is 4.79 Å². The van der Waals surface area contributed by atoms with E-state index in [0.29, 0.717) is 18.3 Å². The maximum Gasteiger partial charge on any atom is 0.272 e. The molecule has 1 aliphatic rings. The average molecular weight is 270 g/mol. The molecule has 2 aromatic heterocycles. The number of aromatic nitrogens is 3. The van der Waals surface area contributed by atoms with Crippen LogP contribution >= 0.6 is 0 Å². The topological polar surface area (TPSA) is 59.8 Å². The molecule has 0 spiro atoms. The lowest BCUT2D eigenvalue weighted by Gasteiger charge is -2.08. The van der Waals surface area contributed by atoms with Gasteiger partial charge >= 0.3 is 0 Å². The molecule has 3 rings (SSSR count). The largest absolute Gasteiger partial charge is 0.347 e. The van der Waals surface area contributed by atoms with E-state index in [1.54, 1.807) is 18.5 Å². The average Bonchev–Trinajstić information content (AvgIpc) is 3.16. The van der Waals surface area contributed by atoms with Crippen molar-refractivity contribution in [3.8, 4) is 0 Å². The lowest BCUT2D eigenvalue weighted by molar-refractivity contribution is 0.0944. The van der Waals surface area contributed by atoms with E-state index in [2.05, 4.69) is 15.4 Å². The van der Waals surface area contributed by atoms with Gasteiger partial charge in [-0.3, -0.25) is 14.5 Å². The molecule has 0 radical (unpaired) electrons. The SMILES string of the molecule is O=C(NCc1ccncc1)c1ccn(C2CCCC2)n1. The van der Waals surface area contributed by atoms with Gasteiger partial charge in [0.2, 0.25) is 0 Å². The van der Waals surface area contributed by atoms with E-state index in [1.165, 1.54) is 25.7 Å². The Balaban J connectivity index is 1.59. The van der Waals surface area contributed by atoms with Crippen LogP contribution in [0.1, 0.15) is 47.8 Å². The minimum absolute atomic E-state index is 0.126. The Morgan fingerprint density at radius 2 is 2.00 bits per heavy atom. The molecule has 2 heterocycles. The molecule has 1 N–H and O–H groups in total. The number of carbonyl (C=O) groups is 1. The Hall–Kier alpha value is -2.17. The molecule has 1 saturated carbocycles. The Morgan fingerprint density at radius 3 is 2.75 bits per heavy atom. The van der Waals surface area contributed by atoms with Crippen LogP contribution < -0.4 is 5.32 Å². The minimum atomic E-state index is -0.126. The molecule has 0 aliphatic heterocycles. The van der Waals surface area contributed by atoms with Crippen LogP contribution in [0.4, 0.5) is 0 Å². The van der Waals surface area contributed by atoms with Gasteiger partial charge in [0.05, 0.1) is 6.04 Å². The molecule has 1 fully saturated rings. The summed E-state index contributed by atoms with van der Waals surface area (Å²) in [5.74, 6) is -0.126. The van der Waals surface area contributed by atoms with Crippen molar-refractivity contribution >= 4 is 5.91 Å². The fourth-order valence-corrected chi connectivity index (χ4v) is 2.60. The molecule has 1 aliphatic carbocycles. The first-order valence-corrected chi connectivity index (χ1v) is 7.05. The van der Waals surface area contributed by atoms with Gasteiger partial charge in [-0.15, -0.1) is 0 Å². The minimum Gasteiger partial charge on any atom is -0.347 e. The van der Waals surface area contributed by atoms with E-state index in [0.717, 1.165) is 5.56 Å². The molecule has 20 heavy (non-hydrogen) atoms. The quantitative estimate of drug-likeness (QED) is 0.927. The van der Waals surface area contributed by atoms with Crippen molar-refractivity contribution in [2.45, 2.75) is 38.3 Å². The molecule has 0 saturated heterocycles. The van der Waals surface area contributed by atoms with Crippen molar-refractivity contribution in [3.63, 3.8) is 0 Å². The Bertz CT molecular complexity index is 573. The van der Waals surface area contributed by atoms with Gasteiger partial charge < -0.3 is 5.32 Å². The molecule has 0 unspecified atom stereocenters. The number of amides is 1. The van der Waals surface area contributed by atoms with Crippen LogP contribution in [0.5, 0.6) is 0 Å². The third-order valence-corrected chi connectivity index (χ3v) is 3.74. The lowest BCUT2D eigenvalue weighted by atomic mass is 10.2. The standard InChI is InChI=1S/C15H18N4O/c20-15(17-11-12-5-8-16-9-6-12)14-7-10-19(18-14)13-3-1-2-4-13/h5-10,13H,1-4,11H2,(H,17,20). The molecule has 2 aromatic rings. The predicted octanol–water partition coefficient (Wildman–Crippen LogP) is 2.32. The van der Waals surface area contributed by atoms with Crippen LogP contribution in [0.25, 0.3) is 0 Å². The van der Waals surface area contributed by atoms with Gasteiger partial charge in [0.1, 0.15) is 5.69 Å². The number of pyridine rings is 1. The Labute approximate surface area is 118 Å². The highest BCUT2D eigenvalue weighted by Crippen LogP contribution is 2.28. The Kier molecular flexibility index (Phi) is 3.76. The van der Waals surface area contributed by atoms with Crippen molar-refractivity contribution in [2.75, 3.05) is 0 Å². The van der Waals surface area contributed by atoms with Crippen LogP contribution in [0.15, 0.2) is 36.8 Å². The van der Waals surface area contributed by atoms with E-state index in [-0.39, 0.29) is 5.91 Å². The number of nitrogens with one attached hydrogen (secondary N) is 1. The molecule has 0 atom stereocenters. The smallest absolute Gasteiger partial charge is 0.272 e. The molecule has 0 bridgehead atoms. The van der Waals surface area contributed by atoms with Crippen molar-refractivity contribution in [1.82, 2.24) is 20.1 Å². The molecular weight excluding hydrogens is 252 g/mol. The normalized spacial score (nSPS) is 15.4. The summed E-state index contributed by atoms with van der Waals surface area (Å²) < 4.78 is 1.94. The summed E-state index contributed by atoms with van der Waals surface area (Å²) in [5, 5.41) is 7.27. The Morgan fingerprint density at radius 1 is 1.25 bits per heavy atom. The third-order valence-electron chi connectivity index (χ3n) is 3.74. The van der Waals surface area contributed by atoms with Crippen molar-refractivity contribution in [3.05, 3.63) is 48.0 Å². The highest BCUT2D eigenvalue weighted by molar-refractivity contribution is 5.92. The summed E-state index contributed by atoms with van der Waals surface area (Å²) in [4.78, 5) is 16.0. The van der Waals surface area contributed by atoms with E-state index in [4.69, 9.17) is 0 Å². The lowest BCUT2D eigenvalue weighted by Crippen LogP contribution is -2.23. The molecule has 104 valence electrons. The zero-order valence-corrected chi connectivity index (χ0v) is 11.3. The second kappa shape index (κ2) is 5.86. The highest BCUT2D eigenvalue weighted by atomic mass is 16.1. The van der Waals surface area contributed by atoms with Crippen LogP contribution in [0.3, 0.4) is 0 Å². The summed E-state index contributed by atoms with van der Waals surface area (Å²) in [6.07, 6.45) is 10.2. The molecular formula is C15H18N4O. The summed E-state index contributed by atoms with van der Waals surface area (Å²) >= 11 is 0. The van der Waals surface area contributed by atoms with Crippen LogP contribution in [0.2, 0.25) is 0 Å². The third kappa shape index (κ3) is 2.87. The number of carbonyl (C=O) groups excluding carboxylic acids is 1. The zero-order chi connectivity index (χ0) is 13.8. The van der Waals surface area contributed by atoms with Crippen molar-refractivity contribution in [1.29, 1.82) is 0 Å². The van der Waals surface area contributed by atoms with Crippen LogP contribution in [0, 0.1) is 0 Å². The predicted molar refractivity (Wildman–Crippen MR) is 75.1 cm³/mol. The van der Waals surface area contributed by atoms with E-state index >= 15 is 0 Å². The maximum absolute atomic E-state index is 12.0. The van der Waals surface area contributed by atoms with Gasteiger partial charge in [0, 0.05) is 25.1 Å². The molecule has 5 heteroatoms. The summed E-state index contributed by atoms with van der Waals surface area (Å²) in [6.45, 7) is 0.498. The fraction of sp³-hybridized carbons (Fsp3) is 0.400. The van der Waals surface area contributed by atoms with Crippen LogP contribution in [-0.2, 0) is 6.54 Å². The van der Waals surface area contributed by atoms with Gasteiger partial charge in [0.15, 0.2) is 0 Å². The summed E-state index contributed by atoms with van der Waals surface area (Å²) in [6, 6.07) is 6.03. The number of rotatable bonds is 4. The second-order valence-corrected chi connectivity index (χ2v) is 5.16. The first-order valence-electron chi connectivity index (χ1n) is 7.05. The first-order chi connectivity index (χ1) is 9.83. The first kappa shape index (κ1) is 12.8. The monoisotopic (exact) mass is 270 g/mol. The summed E-state index contributed by atoms with van der Waals surface area (Å²) in [7, 11) is 0. The molecule has 5 nitrogen and oxygen atoms in total. The molecule has 1 amide bonds. The van der Waals surface area contributed by atoms with Gasteiger partial charge in [-0.1, -0.05) is 12.8 Å².